The third kappa shape index (κ3) is 4.41. The van der Waals surface area contributed by atoms with E-state index in [0.717, 1.165) is 50.4 Å². The van der Waals surface area contributed by atoms with Crippen molar-refractivity contribution in [2.45, 2.75) is 57.2 Å². The molecule has 1 atom stereocenters. The van der Waals surface area contributed by atoms with Gasteiger partial charge in [-0.3, -0.25) is 4.99 Å². The van der Waals surface area contributed by atoms with Crippen molar-refractivity contribution in [3.8, 4) is 5.75 Å². The Hall–Kier alpha value is -1.75. The number of para-hydroxylation sites is 1. The minimum atomic E-state index is -0.624. The van der Waals surface area contributed by atoms with Gasteiger partial charge in [-0.25, -0.2) is 0 Å². The fraction of sp³-hybridized carbons (Fsp3) is 0.632. The van der Waals surface area contributed by atoms with Crippen LogP contribution in [0, 0.1) is 0 Å². The minimum absolute atomic E-state index is 0.129. The second-order valence-corrected chi connectivity index (χ2v) is 6.91. The molecule has 0 amide bonds. The van der Waals surface area contributed by atoms with E-state index in [9.17, 15) is 5.11 Å². The van der Waals surface area contributed by atoms with Crippen LogP contribution in [0.25, 0.3) is 0 Å². The molecule has 0 saturated heterocycles. The Balaban J connectivity index is 1.52. The first-order valence-electron chi connectivity index (χ1n) is 9.18. The van der Waals surface area contributed by atoms with Gasteiger partial charge >= 0.3 is 0 Å². The highest BCUT2D eigenvalue weighted by molar-refractivity contribution is 5.79. The van der Waals surface area contributed by atoms with Crippen molar-refractivity contribution >= 4 is 5.96 Å². The molecule has 132 valence electrons. The molecule has 1 heterocycles. The zero-order chi connectivity index (χ0) is 16.8. The predicted octanol–water partition coefficient (Wildman–Crippen LogP) is 2.24. The Morgan fingerprint density at radius 3 is 2.79 bits per heavy atom. The standard InChI is InChI=1S/C19H29N3O2/c1-2-20-18(22-14-19(23)10-6-3-7-11-19)21-13-16-12-15-8-4-5-9-17(15)24-16/h4-5,8-9,16,23H,2-3,6-7,10-14H2,1H3,(H2,20,21,22). The number of hydrogen-bond donors (Lipinski definition) is 3. The van der Waals surface area contributed by atoms with Crippen molar-refractivity contribution in [3.63, 3.8) is 0 Å². The van der Waals surface area contributed by atoms with Crippen molar-refractivity contribution in [2.75, 3.05) is 19.6 Å². The van der Waals surface area contributed by atoms with Crippen molar-refractivity contribution < 1.29 is 9.84 Å². The maximum Gasteiger partial charge on any atom is 0.191 e. The summed E-state index contributed by atoms with van der Waals surface area (Å²) in [5.74, 6) is 1.75. The Kier molecular flexibility index (Phi) is 5.61. The average Bonchev–Trinajstić information content (AvgIpc) is 3.01. The van der Waals surface area contributed by atoms with Gasteiger partial charge in [0.1, 0.15) is 11.9 Å². The number of ether oxygens (including phenoxy) is 1. The van der Waals surface area contributed by atoms with Crippen LogP contribution in [0.1, 0.15) is 44.6 Å². The van der Waals surface area contributed by atoms with Crippen LogP contribution in [0.3, 0.4) is 0 Å². The molecule has 3 N–H and O–H groups in total. The number of guanidine groups is 1. The number of aliphatic imine (C=N–C) groups is 1. The van der Waals surface area contributed by atoms with Gasteiger partial charge in [0.25, 0.3) is 0 Å². The summed E-state index contributed by atoms with van der Waals surface area (Å²) in [4.78, 5) is 4.61. The number of nitrogens with zero attached hydrogens (tertiary/aromatic N) is 1. The molecule has 1 aliphatic carbocycles. The number of benzene rings is 1. The normalized spacial score (nSPS) is 22.6. The Morgan fingerprint density at radius 2 is 2.04 bits per heavy atom. The summed E-state index contributed by atoms with van der Waals surface area (Å²) in [7, 11) is 0. The summed E-state index contributed by atoms with van der Waals surface area (Å²) in [6, 6.07) is 8.19. The summed E-state index contributed by atoms with van der Waals surface area (Å²) in [5, 5.41) is 17.2. The molecule has 1 aromatic carbocycles. The number of nitrogens with one attached hydrogen (secondary N) is 2. The fourth-order valence-corrected chi connectivity index (χ4v) is 3.51. The second kappa shape index (κ2) is 7.88. The zero-order valence-corrected chi connectivity index (χ0v) is 14.6. The molecular weight excluding hydrogens is 302 g/mol. The Morgan fingerprint density at radius 1 is 1.25 bits per heavy atom. The maximum atomic E-state index is 10.6. The molecule has 1 fully saturated rings. The molecule has 5 nitrogen and oxygen atoms in total. The predicted molar refractivity (Wildman–Crippen MR) is 96.6 cm³/mol. The summed E-state index contributed by atoms with van der Waals surface area (Å²) < 4.78 is 5.96. The van der Waals surface area contributed by atoms with Gasteiger partial charge in [0.15, 0.2) is 5.96 Å². The van der Waals surface area contributed by atoms with Gasteiger partial charge in [0.05, 0.1) is 18.7 Å². The zero-order valence-electron chi connectivity index (χ0n) is 14.6. The Bertz CT molecular complexity index is 542. The molecule has 0 bridgehead atoms. The molecule has 0 spiro atoms. The van der Waals surface area contributed by atoms with E-state index in [-0.39, 0.29) is 6.10 Å². The molecule has 1 aliphatic heterocycles. The highest BCUT2D eigenvalue weighted by Crippen LogP contribution is 2.28. The summed E-state index contributed by atoms with van der Waals surface area (Å²) >= 11 is 0. The first-order chi connectivity index (χ1) is 11.7. The highest BCUT2D eigenvalue weighted by atomic mass is 16.5. The van der Waals surface area contributed by atoms with Crippen molar-refractivity contribution in [2.24, 2.45) is 4.99 Å². The average molecular weight is 331 g/mol. The maximum absolute atomic E-state index is 10.6. The molecule has 0 aromatic heterocycles. The highest BCUT2D eigenvalue weighted by Gasteiger charge is 2.29. The second-order valence-electron chi connectivity index (χ2n) is 6.91. The van der Waals surface area contributed by atoms with E-state index in [1.54, 1.807) is 0 Å². The summed E-state index contributed by atoms with van der Waals surface area (Å²) in [6.07, 6.45) is 6.20. The minimum Gasteiger partial charge on any atom is -0.488 e. The van der Waals surface area contributed by atoms with Gasteiger partial charge in [0.2, 0.25) is 0 Å². The van der Waals surface area contributed by atoms with Crippen LogP contribution in [0.5, 0.6) is 5.75 Å². The lowest BCUT2D eigenvalue weighted by Gasteiger charge is -2.30. The summed E-state index contributed by atoms with van der Waals surface area (Å²) in [6.45, 7) is 4.03. The van der Waals surface area contributed by atoms with Crippen LogP contribution in [0.4, 0.5) is 0 Å². The Labute approximate surface area is 144 Å². The van der Waals surface area contributed by atoms with E-state index < -0.39 is 5.60 Å². The van der Waals surface area contributed by atoms with E-state index in [1.165, 1.54) is 12.0 Å². The van der Waals surface area contributed by atoms with Crippen molar-refractivity contribution in [1.82, 2.24) is 10.6 Å². The summed E-state index contributed by atoms with van der Waals surface area (Å²) in [5.41, 5.74) is 0.642. The molecule has 0 radical (unpaired) electrons. The van der Waals surface area contributed by atoms with Gasteiger partial charge in [-0.15, -0.1) is 0 Å². The quantitative estimate of drug-likeness (QED) is 0.572. The molecular formula is C19H29N3O2. The lowest BCUT2D eigenvalue weighted by molar-refractivity contribution is 0.0131. The van der Waals surface area contributed by atoms with Crippen LogP contribution < -0.4 is 15.4 Å². The SMILES string of the molecule is CCNC(=NCC1(O)CCCCC1)NCC1Cc2ccccc2O1. The topological polar surface area (TPSA) is 65.9 Å². The van der Waals surface area contributed by atoms with Crippen molar-refractivity contribution in [3.05, 3.63) is 29.8 Å². The van der Waals surface area contributed by atoms with Crippen LogP contribution in [-0.4, -0.2) is 42.4 Å². The van der Waals surface area contributed by atoms with Gasteiger partial charge in [-0.2, -0.15) is 0 Å². The van der Waals surface area contributed by atoms with Crippen LogP contribution in [0.2, 0.25) is 0 Å². The van der Waals surface area contributed by atoms with Gasteiger partial charge in [0, 0.05) is 13.0 Å². The van der Waals surface area contributed by atoms with Crippen LogP contribution in [-0.2, 0) is 6.42 Å². The molecule has 24 heavy (non-hydrogen) atoms. The smallest absolute Gasteiger partial charge is 0.191 e. The molecule has 1 aromatic rings. The van der Waals surface area contributed by atoms with Gasteiger partial charge in [-0.1, -0.05) is 37.5 Å². The number of hydrogen-bond acceptors (Lipinski definition) is 3. The number of aliphatic hydroxyl groups is 1. The third-order valence-electron chi connectivity index (χ3n) is 4.87. The number of fused-ring (bicyclic) bond motifs is 1. The monoisotopic (exact) mass is 331 g/mol. The van der Waals surface area contributed by atoms with Crippen LogP contribution in [0.15, 0.2) is 29.3 Å². The van der Waals surface area contributed by atoms with E-state index in [1.807, 2.05) is 18.2 Å². The molecule has 5 heteroatoms. The molecule has 2 aliphatic rings. The van der Waals surface area contributed by atoms with E-state index in [2.05, 4.69) is 28.6 Å². The largest absolute Gasteiger partial charge is 0.488 e. The first-order valence-corrected chi connectivity index (χ1v) is 9.18. The number of rotatable bonds is 5. The van der Waals surface area contributed by atoms with E-state index in [0.29, 0.717) is 13.1 Å². The third-order valence-corrected chi connectivity index (χ3v) is 4.87. The van der Waals surface area contributed by atoms with Gasteiger partial charge in [-0.05, 0) is 31.4 Å². The molecule has 1 saturated carbocycles. The van der Waals surface area contributed by atoms with E-state index >= 15 is 0 Å². The molecule has 1 unspecified atom stereocenters. The lowest BCUT2D eigenvalue weighted by Crippen LogP contribution is -2.44. The van der Waals surface area contributed by atoms with Gasteiger partial charge < -0.3 is 20.5 Å². The van der Waals surface area contributed by atoms with E-state index in [4.69, 9.17) is 4.74 Å². The lowest BCUT2D eigenvalue weighted by atomic mass is 9.85. The fourth-order valence-electron chi connectivity index (χ4n) is 3.51. The first kappa shape index (κ1) is 17.1. The van der Waals surface area contributed by atoms with Crippen molar-refractivity contribution in [1.29, 1.82) is 0 Å². The molecule has 3 rings (SSSR count). The van der Waals surface area contributed by atoms with Crippen LogP contribution >= 0.6 is 0 Å².